The number of nitrogens with one attached hydrogen (secondary N) is 1. The van der Waals surface area contributed by atoms with Crippen molar-refractivity contribution in [1.82, 2.24) is 9.97 Å². The molecule has 3 N–H and O–H groups in total. The Balaban J connectivity index is 1.69. The number of hydrogen-bond donors (Lipinski definition) is 2. The Labute approximate surface area is 157 Å². The zero-order valence-electron chi connectivity index (χ0n) is 14.8. The molecule has 0 saturated heterocycles. The summed E-state index contributed by atoms with van der Waals surface area (Å²) in [6.45, 7) is 0. The van der Waals surface area contributed by atoms with E-state index in [0.29, 0.717) is 17.0 Å². The Morgan fingerprint density at radius 1 is 1.07 bits per heavy atom. The maximum atomic E-state index is 12.3. The van der Waals surface area contributed by atoms with Crippen molar-refractivity contribution in [2.75, 3.05) is 18.2 Å². The van der Waals surface area contributed by atoms with Crippen molar-refractivity contribution in [2.45, 2.75) is 6.42 Å². The number of nitrogen functional groups attached to an aromatic ring is 1. The Kier molecular flexibility index (Phi) is 5.65. The lowest BCUT2D eigenvalue weighted by Crippen LogP contribution is -2.14. The van der Waals surface area contributed by atoms with Gasteiger partial charge in [0.05, 0.1) is 19.1 Å². The van der Waals surface area contributed by atoms with Crippen LogP contribution in [-0.4, -0.2) is 23.0 Å². The number of benzene rings is 2. The van der Waals surface area contributed by atoms with Gasteiger partial charge in [0.15, 0.2) is 0 Å². The largest absolute Gasteiger partial charge is 0.496 e. The van der Waals surface area contributed by atoms with Gasteiger partial charge in [-0.3, -0.25) is 4.79 Å². The van der Waals surface area contributed by atoms with Crippen LogP contribution < -0.4 is 15.8 Å². The third-order valence-corrected chi connectivity index (χ3v) is 3.71. The van der Waals surface area contributed by atoms with Crippen LogP contribution in [0.15, 0.2) is 60.9 Å². The molecule has 0 fully saturated rings. The number of nitrogens with two attached hydrogens (primary N) is 1. The van der Waals surface area contributed by atoms with E-state index in [4.69, 9.17) is 10.5 Å². The van der Waals surface area contributed by atoms with Gasteiger partial charge in [-0.25, -0.2) is 9.97 Å². The second-order valence-corrected chi connectivity index (χ2v) is 5.70. The number of aromatic nitrogens is 2. The molecule has 1 heterocycles. The van der Waals surface area contributed by atoms with Gasteiger partial charge in [-0.05, 0) is 24.3 Å². The Hall–Kier alpha value is -3.85. The molecule has 3 aromatic rings. The number of methoxy groups -OCH3 is 1. The zero-order chi connectivity index (χ0) is 19.1. The number of carbonyl (C=O) groups is 1. The van der Waals surface area contributed by atoms with E-state index >= 15 is 0 Å². The molecule has 0 saturated carbocycles. The number of carbonyl (C=O) groups excluding carboxylic acids is 1. The van der Waals surface area contributed by atoms with Gasteiger partial charge in [-0.2, -0.15) is 0 Å². The van der Waals surface area contributed by atoms with Gasteiger partial charge in [0.1, 0.15) is 5.75 Å². The van der Waals surface area contributed by atoms with Gasteiger partial charge in [-0.15, -0.1) is 0 Å². The summed E-state index contributed by atoms with van der Waals surface area (Å²) in [4.78, 5) is 20.1. The highest BCUT2D eigenvalue weighted by Gasteiger charge is 2.08. The van der Waals surface area contributed by atoms with Gasteiger partial charge in [0.25, 0.3) is 0 Å². The standard InChI is InChI=1S/C21H18N4O2/c1-27-19-8-3-2-6-17(19)12-20(26)25-18-7-4-5-15(11-18)9-10-16-13-23-21(22)24-14-16/h2-8,11,13-14H,12H2,1H3,(H,25,26)(H2,22,23,24). The molecule has 0 aliphatic carbocycles. The number of hydrogen-bond acceptors (Lipinski definition) is 5. The number of anilines is 2. The van der Waals surface area contributed by atoms with Crippen molar-refractivity contribution in [1.29, 1.82) is 0 Å². The Morgan fingerprint density at radius 3 is 2.59 bits per heavy atom. The minimum absolute atomic E-state index is 0.128. The van der Waals surface area contributed by atoms with E-state index in [9.17, 15) is 4.79 Å². The summed E-state index contributed by atoms with van der Waals surface area (Å²) in [6, 6.07) is 14.8. The molecule has 1 amide bonds. The first-order valence-electron chi connectivity index (χ1n) is 8.25. The van der Waals surface area contributed by atoms with E-state index in [2.05, 4.69) is 27.1 Å². The first-order valence-corrected chi connectivity index (χ1v) is 8.25. The SMILES string of the molecule is COc1ccccc1CC(=O)Nc1cccc(C#Cc2cnc(N)nc2)c1. The molecule has 134 valence electrons. The van der Waals surface area contributed by atoms with Crippen LogP contribution in [-0.2, 0) is 11.2 Å². The summed E-state index contributed by atoms with van der Waals surface area (Å²) in [5.74, 6) is 6.76. The first kappa shape index (κ1) is 18.0. The molecular weight excluding hydrogens is 340 g/mol. The zero-order valence-corrected chi connectivity index (χ0v) is 14.8. The lowest BCUT2D eigenvalue weighted by molar-refractivity contribution is -0.115. The van der Waals surface area contributed by atoms with Crippen molar-refractivity contribution in [3.8, 4) is 17.6 Å². The Morgan fingerprint density at radius 2 is 1.81 bits per heavy atom. The van der Waals surface area contributed by atoms with Crippen molar-refractivity contribution in [2.24, 2.45) is 0 Å². The summed E-state index contributed by atoms with van der Waals surface area (Å²) in [6.07, 6.45) is 3.35. The third kappa shape index (κ3) is 5.06. The fourth-order valence-electron chi connectivity index (χ4n) is 2.45. The van der Waals surface area contributed by atoms with E-state index in [1.807, 2.05) is 48.5 Å². The van der Waals surface area contributed by atoms with Gasteiger partial charge in [0, 0.05) is 29.2 Å². The summed E-state index contributed by atoms with van der Waals surface area (Å²) < 4.78 is 5.28. The van der Waals surface area contributed by atoms with Crippen molar-refractivity contribution in [3.63, 3.8) is 0 Å². The first-order chi connectivity index (χ1) is 13.1. The second-order valence-electron chi connectivity index (χ2n) is 5.70. The summed E-state index contributed by atoms with van der Waals surface area (Å²) >= 11 is 0. The maximum Gasteiger partial charge on any atom is 0.228 e. The molecule has 2 aromatic carbocycles. The number of rotatable bonds is 4. The molecule has 1 aromatic heterocycles. The number of nitrogens with zero attached hydrogens (tertiary/aromatic N) is 2. The maximum absolute atomic E-state index is 12.3. The van der Waals surface area contributed by atoms with Crippen LogP contribution >= 0.6 is 0 Å². The van der Waals surface area contributed by atoms with Crippen LogP contribution in [0.3, 0.4) is 0 Å². The van der Waals surface area contributed by atoms with Crippen LogP contribution in [0, 0.1) is 11.8 Å². The highest BCUT2D eigenvalue weighted by molar-refractivity contribution is 5.92. The highest BCUT2D eigenvalue weighted by Crippen LogP contribution is 2.18. The van der Waals surface area contributed by atoms with E-state index < -0.39 is 0 Å². The third-order valence-electron chi connectivity index (χ3n) is 3.71. The van der Waals surface area contributed by atoms with Crippen LogP contribution in [0.4, 0.5) is 11.6 Å². The van der Waals surface area contributed by atoms with Crippen molar-refractivity contribution >= 4 is 17.5 Å². The fraction of sp³-hybridized carbons (Fsp3) is 0.0952. The summed E-state index contributed by atoms with van der Waals surface area (Å²) in [5, 5.41) is 2.88. The van der Waals surface area contributed by atoms with Crippen molar-refractivity contribution in [3.05, 3.63) is 77.6 Å². The molecule has 6 nitrogen and oxygen atoms in total. The minimum Gasteiger partial charge on any atom is -0.496 e. The minimum atomic E-state index is -0.128. The molecule has 0 spiro atoms. The molecule has 0 bridgehead atoms. The molecule has 6 heteroatoms. The van der Waals surface area contributed by atoms with Gasteiger partial charge in [-0.1, -0.05) is 36.1 Å². The van der Waals surface area contributed by atoms with E-state index in [0.717, 1.165) is 11.1 Å². The normalized spacial score (nSPS) is 9.81. The second kappa shape index (κ2) is 8.50. The average Bonchev–Trinajstić information content (AvgIpc) is 2.68. The van der Waals surface area contributed by atoms with E-state index in [1.54, 1.807) is 19.5 Å². The van der Waals surface area contributed by atoms with E-state index in [-0.39, 0.29) is 18.3 Å². The molecule has 0 unspecified atom stereocenters. The van der Waals surface area contributed by atoms with Gasteiger partial charge >= 0.3 is 0 Å². The van der Waals surface area contributed by atoms with Gasteiger partial charge < -0.3 is 15.8 Å². The quantitative estimate of drug-likeness (QED) is 0.700. The van der Waals surface area contributed by atoms with E-state index in [1.165, 1.54) is 0 Å². The average molecular weight is 358 g/mol. The molecule has 0 aliphatic rings. The number of amides is 1. The summed E-state index contributed by atoms with van der Waals surface area (Å²) in [7, 11) is 1.59. The smallest absolute Gasteiger partial charge is 0.228 e. The van der Waals surface area contributed by atoms with Gasteiger partial charge in [0.2, 0.25) is 11.9 Å². The topological polar surface area (TPSA) is 90.1 Å². The predicted octanol–water partition coefficient (Wildman–Crippen LogP) is 2.65. The lowest BCUT2D eigenvalue weighted by atomic mass is 10.1. The molecule has 3 rings (SSSR count). The predicted molar refractivity (Wildman–Crippen MR) is 104 cm³/mol. The molecule has 0 radical (unpaired) electrons. The summed E-state index contributed by atoms with van der Waals surface area (Å²) in [5.41, 5.74) is 8.39. The molecule has 0 atom stereocenters. The Bertz CT molecular complexity index is 1000. The molecule has 27 heavy (non-hydrogen) atoms. The highest BCUT2D eigenvalue weighted by atomic mass is 16.5. The van der Waals surface area contributed by atoms with Crippen LogP contribution in [0.5, 0.6) is 5.75 Å². The van der Waals surface area contributed by atoms with Crippen molar-refractivity contribution < 1.29 is 9.53 Å². The van der Waals surface area contributed by atoms with Crippen LogP contribution in [0.25, 0.3) is 0 Å². The number of ether oxygens (including phenoxy) is 1. The lowest BCUT2D eigenvalue weighted by Gasteiger charge is -2.09. The molecular formula is C21H18N4O2. The monoisotopic (exact) mass is 358 g/mol. The van der Waals surface area contributed by atoms with Crippen LogP contribution in [0.2, 0.25) is 0 Å². The van der Waals surface area contributed by atoms with Crippen LogP contribution in [0.1, 0.15) is 16.7 Å². The molecule has 0 aliphatic heterocycles. The fourth-order valence-corrected chi connectivity index (χ4v) is 2.45. The number of para-hydroxylation sites is 1.